The van der Waals surface area contributed by atoms with Gasteiger partial charge in [0.2, 0.25) is 11.8 Å². The summed E-state index contributed by atoms with van der Waals surface area (Å²) in [7, 11) is 0. The monoisotopic (exact) mass is 349 g/mol. The van der Waals surface area contributed by atoms with Gasteiger partial charge < -0.3 is 16.0 Å². The van der Waals surface area contributed by atoms with Crippen molar-refractivity contribution in [3.8, 4) is 0 Å². The number of hydrogen-bond acceptors (Lipinski definition) is 4. The van der Waals surface area contributed by atoms with E-state index in [1.165, 1.54) is 11.8 Å². The first-order valence-corrected chi connectivity index (χ1v) is 9.51. The molecule has 0 saturated carbocycles. The van der Waals surface area contributed by atoms with E-state index in [-0.39, 0.29) is 28.9 Å². The Morgan fingerprint density at radius 1 is 1.33 bits per heavy atom. The number of amides is 2. The highest BCUT2D eigenvalue weighted by molar-refractivity contribution is 8.01. The van der Waals surface area contributed by atoms with E-state index in [4.69, 9.17) is 0 Å². The summed E-state index contributed by atoms with van der Waals surface area (Å²) in [5.41, 5.74) is 1.94. The zero-order valence-corrected chi connectivity index (χ0v) is 15.4. The molecular formula is C18H27N3O2S. The van der Waals surface area contributed by atoms with Crippen molar-refractivity contribution >= 4 is 29.3 Å². The third-order valence-corrected chi connectivity index (χ3v) is 5.28. The highest BCUT2D eigenvalue weighted by Crippen LogP contribution is 2.15. The van der Waals surface area contributed by atoms with Crippen LogP contribution >= 0.6 is 11.8 Å². The van der Waals surface area contributed by atoms with Crippen molar-refractivity contribution < 1.29 is 9.59 Å². The summed E-state index contributed by atoms with van der Waals surface area (Å²) in [6, 6.07) is 8.35. The minimum Gasteiger partial charge on any atom is -0.352 e. The van der Waals surface area contributed by atoms with Crippen LogP contribution in [0.5, 0.6) is 0 Å². The summed E-state index contributed by atoms with van der Waals surface area (Å²) in [6.45, 7) is 6.92. The lowest BCUT2D eigenvalue weighted by atomic mass is 10.0. The predicted molar refractivity (Wildman–Crippen MR) is 100 cm³/mol. The molecule has 0 spiro atoms. The first-order chi connectivity index (χ1) is 11.4. The molecule has 1 heterocycles. The number of rotatable bonds is 6. The lowest BCUT2D eigenvalue weighted by molar-refractivity contribution is -0.121. The smallest absolute Gasteiger partial charge is 0.234 e. The molecule has 1 fully saturated rings. The number of carbonyl (C=O) groups is 2. The zero-order valence-electron chi connectivity index (χ0n) is 14.6. The molecule has 0 radical (unpaired) electrons. The standard InChI is InChI=1S/C18H27N3O2S/c1-12-4-6-15(7-5-12)20-17(22)11-24-14(3)18(23)21-16-8-9-19-13(2)10-16/h4-7,13-14,16,19H,8-11H2,1-3H3,(H,20,22)(H,21,23). The molecule has 1 aromatic carbocycles. The van der Waals surface area contributed by atoms with Gasteiger partial charge in [0.1, 0.15) is 0 Å². The molecule has 1 aliphatic heterocycles. The number of hydrogen-bond donors (Lipinski definition) is 3. The van der Waals surface area contributed by atoms with Crippen LogP contribution in [0.4, 0.5) is 5.69 Å². The fourth-order valence-corrected chi connectivity index (χ4v) is 3.38. The molecule has 5 nitrogen and oxygen atoms in total. The number of benzene rings is 1. The van der Waals surface area contributed by atoms with Gasteiger partial charge in [0.25, 0.3) is 0 Å². The average molecular weight is 350 g/mol. The molecule has 1 aliphatic rings. The van der Waals surface area contributed by atoms with E-state index in [0.717, 1.165) is 30.6 Å². The minimum absolute atomic E-state index is 0.0160. The number of thioether (sulfide) groups is 1. The molecule has 1 aromatic rings. The first kappa shape index (κ1) is 18.8. The third kappa shape index (κ3) is 6.17. The maximum Gasteiger partial charge on any atom is 0.234 e. The van der Waals surface area contributed by atoms with Gasteiger partial charge in [0, 0.05) is 17.8 Å². The largest absolute Gasteiger partial charge is 0.352 e. The van der Waals surface area contributed by atoms with Crippen LogP contribution in [0, 0.1) is 6.92 Å². The van der Waals surface area contributed by atoms with Gasteiger partial charge in [-0.1, -0.05) is 17.7 Å². The van der Waals surface area contributed by atoms with Gasteiger partial charge >= 0.3 is 0 Å². The summed E-state index contributed by atoms with van der Waals surface area (Å²) >= 11 is 1.36. The lowest BCUT2D eigenvalue weighted by Gasteiger charge is -2.29. The summed E-state index contributed by atoms with van der Waals surface area (Å²) in [5, 5.41) is 9.08. The molecular weight excluding hydrogens is 322 g/mol. The van der Waals surface area contributed by atoms with Crippen molar-refractivity contribution in [3.63, 3.8) is 0 Å². The van der Waals surface area contributed by atoms with E-state index in [2.05, 4.69) is 22.9 Å². The van der Waals surface area contributed by atoms with E-state index in [9.17, 15) is 9.59 Å². The predicted octanol–water partition coefficient (Wildman–Crippen LogP) is 2.31. The SMILES string of the molecule is Cc1ccc(NC(=O)CSC(C)C(=O)NC2CCNC(C)C2)cc1. The molecule has 3 unspecified atom stereocenters. The summed E-state index contributed by atoms with van der Waals surface area (Å²) in [4.78, 5) is 24.2. The molecule has 0 aliphatic carbocycles. The zero-order chi connectivity index (χ0) is 17.5. The van der Waals surface area contributed by atoms with Crippen LogP contribution in [0.25, 0.3) is 0 Å². The third-order valence-electron chi connectivity index (χ3n) is 4.14. The van der Waals surface area contributed by atoms with Crippen LogP contribution in [0.2, 0.25) is 0 Å². The van der Waals surface area contributed by atoms with E-state index in [1.807, 2.05) is 38.1 Å². The van der Waals surface area contributed by atoms with Gasteiger partial charge in [0.05, 0.1) is 11.0 Å². The molecule has 2 amide bonds. The van der Waals surface area contributed by atoms with Gasteiger partial charge in [0.15, 0.2) is 0 Å². The topological polar surface area (TPSA) is 70.2 Å². The second-order valence-electron chi connectivity index (χ2n) is 6.45. The number of carbonyl (C=O) groups excluding carboxylic acids is 2. The van der Waals surface area contributed by atoms with Crippen LogP contribution in [0.3, 0.4) is 0 Å². The van der Waals surface area contributed by atoms with E-state index >= 15 is 0 Å². The highest BCUT2D eigenvalue weighted by Gasteiger charge is 2.23. The van der Waals surface area contributed by atoms with Crippen molar-refractivity contribution in [1.82, 2.24) is 10.6 Å². The maximum absolute atomic E-state index is 12.2. The van der Waals surface area contributed by atoms with E-state index in [1.54, 1.807) is 0 Å². The van der Waals surface area contributed by atoms with Crippen molar-refractivity contribution in [3.05, 3.63) is 29.8 Å². The number of aryl methyl sites for hydroxylation is 1. The van der Waals surface area contributed by atoms with Gasteiger partial charge in [-0.3, -0.25) is 9.59 Å². The molecule has 3 atom stereocenters. The molecule has 6 heteroatoms. The Kier molecular flexibility index (Phi) is 7.12. The van der Waals surface area contributed by atoms with Crippen LogP contribution in [0.15, 0.2) is 24.3 Å². The number of piperidine rings is 1. The molecule has 2 rings (SSSR count). The highest BCUT2D eigenvalue weighted by atomic mass is 32.2. The van der Waals surface area contributed by atoms with Gasteiger partial charge in [-0.25, -0.2) is 0 Å². The number of anilines is 1. The van der Waals surface area contributed by atoms with Crippen molar-refractivity contribution in [2.45, 2.75) is 50.9 Å². The summed E-state index contributed by atoms with van der Waals surface area (Å²) < 4.78 is 0. The number of nitrogens with one attached hydrogen (secondary N) is 3. The van der Waals surface area contributed by atoms with Crippen LogP contribution in [-0.4, -0.2) is 41.4 Å². The molecule has 132 valence electrons. The Labute approximate surface area is 148 Å². The van der Waals surface area contributed by atoms with Crippen LogP contribution < -0.4 is 16.0 Å². The fraction of sp³-hybridized carbons (Fsp3) is 0.556. The van der Waals surface area contributed by atoms with Gasteiger partial charge in [-0.15, -0.1) is 11.8 Å². The lowest BCUT2D eigenvalue weighted by Crippen LogP contribution is -2.48. The Balaban J connectivity index is 1.71. The second-order valence-corrected chi connectivity index (χ2v) is 7.78. The van der Waals surface area contributed by atoms with Crippen LogP contribution in [-0.2, 0) is 9.59 Å². The van der Waals surface area contributed by atoms with E-state index < -0.39 is 0 Å². The molecule has 0 aromatic heterocycles. The van der Waals surface area contributed by atoms with Crippen molar-refractivity contribution in [2.24, 2.45) is 0 Å². The van der Waals surface area contributed by atoms with Crippen LogP contribution in [0.1, 0.15) is 32.3 Å². The Morgan fingerprint density at radius 2 is 2.04 bits per heavy atom. The summed E-state index contributed by atoms with van der Waals surface area (Å²) in [5.74, 6) is 0.201. The van der Waals surface area contributed by atoms with Gasteiger partial charge in [-0.2, -0.15) is 0 Å². The Hall–Kier alpha value is -1.53. The normalized spacial score (nSPS) is 21.8. The van der Waals surface area contributed by atoms with Crippen molar-refractivity contribution in [2.75, 3.05) is 17.6 Å². The maximum atomic E-state index is 12.2. The first-order valence-electron chi connectivity index (χ1n) is 8.46. The Morgan fingerprint density at radius 3 is 2.71 bits per heavy atom. The molecule has 1 saturated heterocycles. The molecule has 24 heavy (non-hydrogen) atoms. The minimum atomic E-state index is -0.237. The van der Waals surface area contributed by atoms with E-state index in [0.29, 0.717) is 6.04 Å². The molecule has 0 bridgehead atoms. The molecule has 3 N–H and O–H groups in total. The summed E-state index contributed by atoms with van der Waals surface area (Å²) in [6.07, 6.45) is 1.92. The van der Waals surface area contributed by atoms with Crippen molar-refractivity contribution in [1.29, 1.82) is 0 Å². The van der Waals surface area contributed by atoms with Gasteiger partial charge in [-0.05, 0) is 52.3 Å². The Bertz CT molecular complexity index is 562. The average Bonchev–Trinajstić information content (AvgIpc) is 2.54. The fourth-order valence-electron chi connectivity index (χ4n) is 2.69. The second kappa shape index (κ2) is 9.08. The quantitative estimate of drug-likeness (QED) is 0.737.